The molecule has 4 rings (SSSR count). The molecule has 1 aliphatic heterocycles. The van der Waals surface area contributed by atoms with Crippen LogP contribution in [0.15, 0.2) is 42.5 Å². The van der Waals surface area contributed by atoms with Crippen LogP contribution in [-0.4, -0.2) is 46.6 Å². The van der Waals surface area contributed by atoms with Crippen LogP contribution in [-0.2, 0) is 23.9 Å². The van der Waals surface area contributed by atoms with Crippen molar-refractivity contribution in [2.24, 2.45) is 0 Å². The normalized spacial score (nSPS) is 17.6. The summed E-state index contributed by atoms with van der Waals surface area (Å²) < 4.78 is 39.8. The number of halogens is 3. The summed E-state index contributed by atoms with van der Waals surface area (Å²) in [4.78, 5) is 20.2. The first-order valence-electron chi connectivity index (χ1n) is 11.0. The average Bonchev–Trinajstić information content (AvgIpc) is 3.16. The molecule has 1 aromatic heterocycles. The van der Waals surface area contributed by atoms with E-state index in [1.807, 2.05) is 24.3 Å². The number of rotatable bonds is 7. The van der Waals surface area contributed by atoms with Gasteiger partial charge in [0.15, 0.2) is 5.13 Å². The van der Waals surface area contributed by atoms with Gasteiger partial charge in [0, 0.05) is 32.2 Å². The van der Waals surface area contributed by atoms with Gasteiger partial charge in [-0.1, -0.05) is 48.9 Å². The Balaban J connectivity index is 1.50. The molecule has 0 radical (unpaired) electrons. The molecule has 5 nitrogen and oxygen atoms in total. The number of piperazine rings is 1. The largest absolute Gasteiger partial charge is 0.481 e. The maximum atomic E-state index is 13.1. The number of alkyl halides is 3. The molecular weight excluding hydrogens is 451 g/mol. The van der Waals surface area contributed by atoms with Crippen molar-refractivity contribution in [3.63, 3.8) is 0 Å². The van der Waals surface area contributed by atoms with E-state index < -0.39 is 17.7 Å². The quantitative estimate of drug-likeness (QED) is 0.492. The smallest absolute Gasteiger partial charge is 0.416 e. The molecule has 2 aromatic carbocycles. The molecule has 0 unspecified atom stereocenters. The predicted molar refractivity (Wildman–Crippen MR) is 124 cm³/mol. The highest BCUT2D eigenvalue weighted by molar-refractivity contribution is 7.22. The number of anilines is 1. The Hall–Kier alpha value is -2.65. The number of aromatic nitrogens is 1. The number of carbonyl (C=O) groups is 1. The van der Waals surface area contributed by atoms with Crippen LogP contribution in [0.3, 0.4) is 0 Å². The lowest BCUT2D eigenvalue weighted by molar-refractivity contribution is -0.138. The van der Waals surface area contributed by atoms with Crippen LogP contribution in [0.25, 0.3) is 10.2 Å². The molecule has 9 heteroatoms. The Kier molecular flexibility index (Phi) is 6.90. The van der Waals surface area contributed by atoms with E-state index >= 15 is 0 Å². The van der Waals surface area contributed by atoms with E-state index in [1.54, 1.807) is 0 Å². The third-order valence-electron chi connectivity index (χ3n) is 5.89. The Morgan fingerprint density at radius 1 is 1.18 bits per heavy atom. The van der Waals surface area contributed by atoms with Crippen molar-refractivity contribution in [1.29, 1.82) is 0 Å². The summed E-state index contributed by atoms with van der Waals surface area (Å²) in [5.41, 5.74) is 1.81. The van der Waals surface area contributed by atoms with Crippen LogP contribution < -0.4 is 4.90 Å². The summed E-state index contributed by atoms with van der Waals surface area (Å²) in [5, 5.41) is 9.81. The van der Waals surface area contributed by atoms with E-state index in [0.717, 1.165) is 61.3 Å². The zero-order valence-electron chi connectivity index (χ0n) is 18.3. The Bertz CT molecular complexity index is 1130. The second-order valence-corrected chi connectivity index (χ2v) is 9.45. The molecule has 2 heterocycles. The molecule has 1 aliphatic rings. The first kappa shape index (κ1) is 23.5. The molecular formula is C24H26F3N3O2S. The summed E-state index contributed by atoms with van der Waals surface area (Å²) >= 11 is 1.32. The van der Waals surface area contributed by atoms with Gasteiger partial charge in [-0.05, 0) is 35.7 Å². The van der Waals surface area contributed by atoms with E-state index in [2.05, 4.69) is 21.7 Å². The van der Waals surface area contributed by atoms with E-state index in [-0.39, 0.29) is 12.5 Å². The fraction of sp³-hybridized carbons (Fsp3) is 0.417. The number of hydrogen-bond donors (Lipinski definition) is 1. The molecule has 1 N–H and O–H groups in total. The van der Waals surface area contributed by atoms with Crippen molar-refractivity contribution < 1.29 is 23.1 Å². The van der Waals surface area contributed by atoms with Gasteiger partial charge < -0.3 is 10.0 Å². The molecule has 176 valence electrons. The van der Waals surface area contributed by atoms with Crippen LogP contribution in [0.2, 0.25) is 0 Å². The van der Waals surface area contributed by atoms with Crippen LogP contribution in [0.1, 0.15) is 36.5 Å². The molecule has 0 amide bonds. The maximum Gasteiger partial charge on any atom is 0.416 e. The van der Waals surface area contributed by atoms with Gasteiger partial charge in [-0.2, -0.15) is 13.2 Å². The lowest BCUT2D eigenvalue weighted by Crippen LogP contribution is -2.52. The molecule has 1 saturated heterocycles. The van der Waals surface area contributed by atoms with Gasteiger partial charge in [-0.15, -0.1) is 0 Å². The summed E-state index contributed by atoms with van der Waals surface area (Å²) in [5.74, 6) is -0.845. The van der Waals surface area contributed by atoms with Crippen molar-refractivity contribution in [1.82, 2.24) is 9.88 Å². The molecule has 0 spiro atoms. The minimum atomic E-state index is -4.36. The van der Waals surface area contributed by atoms with E-state index in [1.165, 1.54) is 23.5 Å². The van der Waals surface area contributed by atoms with Gasteiger partial charge in [0.2, 0.25) is 0 Å². The monoisotopic (exact) mass is 477 g/mol. The highest BCUT2D eigenvalue weighted by Crippen LogP contribution is 2.36. The fourth-order valence-corrected chi connectivity index (χ4v) is 5.48. The van der Waals surface area contributed by atoms with Gasteiger partial charge in [0.1, 0.15) is 0 Å². The molecule has 0 aliphatic carbocycles. The SMILES string of the molecule is CCC[C@H]1CN(Cc2cccc(CC(=O)O)c2)CCN1c1nc2ccc(C(F)(F)F)cc2s1. The highest BCUT2D eigenvalue weighted by Gasteiger charge is 2.32. The lowest BCUT2D eigenvalue weighted by Gasteiger charge is -2.41. The number of aliphatic carboxylic acids is 1. The Morgan fingerprint density at radius 2 is 1.97 bits per heavy atom. The minimum Gasteiger partial charge on any atom is -0.481 e. The molecule has 1 atom stereocenters. The highest BCUT2D eigenvalue weighted by atomic mass is 32.1. The number of hydrogen-bond acceptors (Lipinski definition) is 5. The summed E-state index contributed by atoms with van der Waals surface area (Å²) in [6.45, 7) is 5.22. The molecule has 0 bridgehead atoms. The van der Waals surface area contributed by atoms with Gasteiger partial charge in [0.05, 0.1) is 22.2 Å². The van der Waals surface area contributed by atoms with Gasteiger partial charge in [-0.25, -0.2) is 4.98 Å². The van der Waals surface area contributed by atoms with Crippen LogP contribution in [0.5, 0.6) is 0 Å². The number of fused-ring (bicyclic) bond motifs is 1. The maximum absolute atomic E-state index is 13.1. The standard InChI is InChI=1S/C24H26F3N3O2S/c1-2-4-19-15-29(14-17-6-3-5-16(11-17)12-22(31)32)9-10-30(19)23-28-20-8-7-18(24(25,26)27)13-21(20)33-23/h3,5-8,11,13,19H,2,4,9-10,12,14-15H2,1H3,(H,31,32)/t19-/m0/s1. The van der Waals surface area contributed by atoms with Crippen molar-refractivity contribution >= 4 is 32.7 Å². The Morgan fingerprint density at radius 3 is 2.70 bits per heavy atom. The second kappa shape index (κ2) is 9.69. The molecule has 0 saturated carbocycles. The predicted octanol–water partition coefficient (Wildman–Crippen LogP) is 5.43. The van der Waals surface area contributed by atoms with Crippen LogP contribution in [0, 0.1) is 0 Å². The van der Waals surface area contributed by atoms with E-state index in [0.29, 0.717) is 10.2 Å². The lowest BCUT2D eigenvalue weighted by atomic mass is 10.0. The third kappa shape index (κ3) is 5.65. The number of nitrogens with zero attached hydrogens (tertiary/aromatic N) is 3. The minimum absolute atomic E-state index is 0.00768. The van der Waals surface area contributed by atoms with Crippen molar-refractivity contribution in [2.45, 2.75) is 44.9 Å². The van der Waals surface area contributed by atoms with Crippen molar-refractivity contribution in [3.8, 4) is 0 Å². The summed E-state index contributed by atoms with van der Waals surface area (Å²) in [6.07, 6.45) is -2.41. The molecule has 1 fully saturated rings. The van der Waals surface area contributed by atoms with E-state index in [9.17, 15) is 18.0 Å². The number of thiazole rings is 1. The van der Waals surface area contributed by atoms with Crippen LogP contribution in [0.4, 0.5) is 18.3 Å². The van der Waals surface area contributed by atoms with Crippen molar-refractivity contribution in [3.05, 3.63) is 59.2 Å². The molecule has 3 aromatic rings. The third-order valence-corrected chi connectivity index (χ3v) is 6.95. The van der Waals surface area contributed by atoms with E-state index in [4.69, 9.17) is 5.11 Å². The van der Waals surface area contributed by atoms with Gasteiger partial charge in [0.25, 0.3) is 0 Å². The fourth-order valence-electron chi connectivity index (χ4n) is 4.38. The first-order chi connectivity index (χ1) is 15.7. The topological polar surface area (TPSA) is 56.7 Å². The average molecular weight is 478 g/mol. The zero-order valence-corrected chi connectivity index (χ0v) is 19.1. The van der Waals surface area contributed by atoms with Gasteiger partial charge in [-0.3, -0.25) is 9.69 Å². The zero-order chi connectivity index (χ0) is 23.6. The molecule has 33 heavy (non-hydrogen) atoms. The summed E-state index contributed by atoms with van der Waals surface area (Å²) in [7, 11) is 0. The number of carboxylic acids is 1. The summed E-state index contributed by atoms with van der Waals surface area (Å²) in [6, 6.07) is 11.6. The first-order valence-corrected chi connectivity index (χ1v) is 11.8. The number of benzene rings is 2. The number of carboxylic acid groups (broad SMARTS) is 1. The van der Waals surface area contributed by atoms with Gasteiger partial charge >= 0.3 is 12.1 Å². The second-order valence-electron chi connectivity index (χ2n) is 8.44. The van der Waals surface area contributed by atoms with Crippen LogP contribution >= 0.6 is 11.3 Å². The Labute approximate surface area is 194 Å². The van der Waals surface area contributed by atoms with Crippen molar-refractivity contribution in [2.75, 3.05) is 24.5 Å².